The molecule has 8 rings (SSSR count). The van der Waals surface area contributed by atoms with Crippen molar-refractivity contribution in [1.29, 1.82) is 10.5 Å². The average molecular weight is 680 g/mol. The maximum Gasteiger partial charge on any atom is 1.00 e. The number of ketones is 2. The second-order valence-electron chi connectivity index (χ2n) is 14.4. The summed E-state index contributed by atoms with van der Waals surface area (Å²) >= 11 is 0. The van der Waals surface area contributed by atoms with Crippen LogP contribution in [0.5, 0.6) is 0 Å². The first kappa shape index (κ1) is 37.6. The predicted octanol–water partition coefficient (Wildman–Crippen LogP) is 1.46. The minimum absolute atomic E-state index is 0. The predicted molar refractivity (Wildman–Crippen MR) is 183 cm³/mol. The fourth-order valence-corrected chi connectivity index (χ4v) is 8.61. The first-order valence-corrected chi connectivity index (χ1v) is 17.2. The standard InChI is InChI=1S/C19H21N3O2.C19H19N3O2.B.Na.H/c2*20-10-16-17(24)8-13-11-21-14(12-23)9-15(13)18(16)22-6-4-19(5-7-22)2-1-3-19;;;/h9,11,23H,1-8,12H2;9,11-12H,1-8H2;;;/q;;;+1;-1. The number of hydrogen-bond donors (Lipinski definition) is 1. The summed E-state index contributed by atoms with van der Waals surface area (Å²) in [5.41, 5.74) is 7.28. The molecule has 12 heteroatoms. The van der Waals surface area contributed by atoms with Crippen LogP contribution in [0.25, 0.3) is 11.4 Å². The Kier molecular flexibility index (Phi) is 11.5. The van der Waals surface area contributed by atoms with Gasteiger partial charge in [0.05, 0.1) is 23.7 Å². The number of nitrogens with zero attached hydrogens (tertiary/aromatic N) is 6. The monoisotopic (exact) mass is 679 g/mol. The van der Waals surface area contributed by atoms with Gasteiger partial charge in [-0.3, -0.25) is 24.4 Å². The number of likely N-dealkylation sites (tertiary alicyclic amines) is 2. The van der Waals surface area contributed by atoms with E-state index in [1.807, 2.05) is 6.07 Å². The van der Waals surface area contributed by atoms with E-state index in [2.05, 4.69) is 31.9 Å². The van der Waals surface area contributed by atoms with Gasteiger partial charge in [-0.05, 0) is 85.5 Å². The van der Waals surface area contributed by atoms with Crippen LogP contribution in [0.4, 0.5) is 0 Å². The SMILES string of the molecule is N#CC1=C(N2CCC3(CCC3)CC2)c2cc(C=O)ncc2CC1=O.N#CC1=C(N2CCC3(CCC3)CC2)c2cc(CO)ncc2CC1=O.[B].[H-].[Na+]. The molecule has 4 fully saturated rings. The van der Waals surface area contributed by atoms with E-state index in [0.29, 0.717) is 34.2 Å². The molecule has 2 spiro atoms. The molecule has 2 aromatic heterocycles. The van der Waals surface area contributed by atoms with Gasteiger partial charge in [-0.15, -0.1) is 0 Å². The Labute approximate surface area is 319 Å². The van der Waals surface area contributed by atoms with Gasteiger partial charge >= 0.3 is 29.6 Å². The van der Waals surface area contributed by atoms with Gasteiger partial charge in [0.25, 0.3) is 0 Å². The minimum Gasteiger partial charge on any atom is -1.00 e. The Morgan fingerprint density at radius 1 is 0.760 bits per heavy atom. The number of piperidine rings is 2. The average Bonchev–Trinajstić information content (AvgIpc) is 3.09. The molecule has 2 aromatic rings. The van der Waals surface area contributed by atoms with E-state index < -0.39 is 0 Å². The summed E-state index contributed by atoms with van der Waals surface area (Å²) in [4.78, 5) is 48.5. The van der Waals surface area contributed by atoms with Gasteiger partial charge in [0.1, 0.15) is 29.0 Å². The summed E-state index contributed by atoms with van der Waals surface area (Å²) in [6.45, 7) is 3.38. The van der Waals surface area contributed by atoms with Gasteiger partial charge in [0.2, 0.25) is 0 Å². The molecule has 4 heterocycles. The molecule has 0 atom stereocenters. The van der Waals surface area contributed by atoms with E-state index in [9.17, 15) is 30.0 Å². The number of aldehydes is 1. The largest absolute Gasteiger partial charge is 1.00 e. The summed E-state index contributed by atoms with van der Waals surface area (Å²) < 4.78 is 0. The number of aliphatic hydroxyl groups is 1. The zero-order valence-electron chi connectivity index (χ0n) is 29.8. The normalized spacial score (nSPS) is 21.2. The van der Waals surface area contributed by atoms with Crippen molar-refractivity contribution in [2.75, 3.05) is 26.2 Å². The maximum absolute atomic E-state index is 12.4. The van der Waals surface area contributed by atoms with Crippen LogP contribution >= 0.6 is 0 Å². The molecule has 0 unspecified atom stereocenters. The Hall–Kier alpha value is -3.61. The van der Waals surface area contributed by atoms with Gasteiger partial charge in [-0.1, -0.05) is 12.8 Å². The van der Waals surface area contributed by atoms with Gasteiger partial charge in [0.15, 0.2) is 17.9 Å². The molecule has 2 saturated carbocycles. The molecule has 0 aromatic carbocycles. The maximum atomic E-state index is 12.4. The van der Waals surface area contributed by atoms with Crippen LogP contribution in [0.1, 0.15) is 104 Å². The van der Waals surface area contributed by atoms with Gasteiger partial charge < -0.3 is 16.3 Å². The minimum atomic E-state index is -0.149. The zero-order chi connectivity index (χ0) is 33.5. The molecule has 2 aliphatic heterocycles. The third kappa shape index (κ3) is 6.86. The van der Waals surface area contributed by atoms with Crippen molar-refractivity contribution in [3.05, 3.63) is 69.3 Å². The first-order valence-electron chi connectivity index (χ1n) is 17.2. The van der Waals surface area contributed by atoms with Crippen molar-refractivity contribution >= 4 is 37.7 Å². The molecule has 4 aliphatic carbocycles. The molecule has 0 bridgehead atoms. The number of hydrogen-bond acceptors (Lipinski definition) is 10. The number of allylic oxidation sites excluding steroid dienone is 2. The summed E-state index contributed by atoms with van der Waals surface area (Å²) in [6.07, 6.45) is 16.8. The smallest absolute Gasteiger partial charge is 1.00 e. The van der Waals surface area contributed by atoms with Gasteiger partial charge in [-0.2, -0.15) is 10.5 Å². The molecular weight excluding hydrogens is 638 g/mol. The van der Waals surface area contributed by atoms with E-state index in [1.54, 1.807) is 18.5 Å². The number of aliphatic hydroxyl groups excluding tert-OH is 1. The number of Topliss-reactive ketones (excluding diaryl/α,β-unsaturated/α-hetero) is 2. The van der Waals surface area contributed by atoms with Crippen molar-refractivity contribution in [3.8, 4) is 12.1 Å². The van der Waals surface area contributed by atoms with Crippen LogP contribution in [-0.2, 0) is 29.0 Å². The zero-order valence-corrected chi connectivity index (χ0v) is 30.8. The number of pyridine rings is 2. The van der Waals surface area contributed by atoms with Crippen molar-refractivity contribution < 1.29 is 50.5 Å². The molecule has 0 amide bonds. The van der Waals surface area contributed by atoms with Gasteiger partial charge in [0, 0.05) is 71.0 Å². The molecule has 1 N–H and O–H groups in total. The molecule has 251 valence electrons. The third-order valence-electron chi connectivity index (χ3n) is 11.9. The number of fused-ring (bicyclic) bond motifs is 2. The Morgan fingerprint density at radius 2 is 1.20 bits per heavy atom. The van der Waals surface area contributed by atoms with Crippen molar-refractivity contribution in [3.63, 3.8) is 0 Å². The number of nitriles is 2. The van der Waals surface area contributed by atoms with Crippen LogP contribution in [0.2, 0.25) is 0 Å². The van der Waals surface area contributed by atoms with E-state index in [0.717, 1.165) is 79.8 Å². The van der Waals surface area contributed by atoms with E-state index in [1.165, 1.54) is 38.5 Å². The molecule has 50 heavy (non-hydrogen) atoms. The number of aromatic nitrogens is 2. The summed E-state index contributed by atoms with van der Waals surface area (Å²) in [7, 11) is 0. The van der Waals surface area contributed by atoms with E-state index in [4.69, 9.17) is 0 Å². The summed E-state index contributed by atoms with van der Waals surface area (Å²) in [6, 6.07) is 7.79. The summed E-state index contributed by atoms with van der Waals surface area (Å²) in [5.74, 6) is -0.271. The third-order valence-corrected chi connectivity index (χ3v) is 11.9. The second kappa shape index (κ2) is 15.3. The fraction of sp³-hybridized carbons (Fsp3) is 0.500. The van der Waals surface area contributed by atoms with Crippen molar-refractivity contribution in [2.24, 2.45) is 10.8 Å². The second-order valence-corrected chi connectivity index (χ2v) is 14.4. The topological polar surface area (TPSA) is 151 Å². The number of rotatable bonds is 4. The number of carbonyl (C=O) groups is 3. The van der Waals surface area contributed by atoms with Crippen molar-refractivity contribution in [1.82, 2.24) is 19.8 Å². The Balaban J connectivity index is 0.000000216. The van der Waals surface area contributed by atoms with E-state index >= 15 is 0 Å². The van der Waals surface area contributed by atoms with E-state index in [-0.39, 0.29) is 81.6 Å². The molecule has 3 radical (unpaired) electrons. The molecular formula is C38H41BN6NaO4. The number of carbonyl (C=O) groups excluding carboxylic acids is 3. The van der Waals surface area contributed by atoms with Crippen LogP contribution in [0.3, 0.4) is 0 Å². The van der Waals surface area contributed by atoms with Gasteiger partial charge in [-0.25, -0.2) is 0 Å². The van der Waals surface area contributed by atoms with Crippen LogP contribution in [0.15, 0.2) is 35.7 Å². The van der Waals surface area contributed by atoms with Crippen LogP contribution < -0.4 is 29.6 Å². The summed E-state index contributed by atoms with van der Waals surface area (Å²) in [5, 5.41) is 28.5. The quantitative estimate of drug-likeness (QED) is 0.372. The first-order chi connectivity index (χ1) is 23.3. The van der Waals surface area contributed by atoms with Crippen molar-refractivity contribution in [2.45, 2.75) is 83.7 Å². The molecule has 10 nitrogen and oxygen atoms in total. The van der Waals surface area contributed by atoms with Crippen LogP contribution in [-0.4, -0.2) is 77.3 Å². The fourth-order valence-electron chi connectivity index (χ4n) is 8.61. The molecule has 2 saturated heterocycles. The molecule has 6 aliphatic rings. The van der Waals surface area contributed by atoms with Crippen LogP contribution in [0, 0.1) is 33.5 Å². The Bertz CT molecular complexity index is 1840. The Morgan fingerprint density at radius 3 is 1.58 bits per heavy atom.